The van der Waals surface area contributed by atoms with Crippen LogP contribution in [0.1, 0.15) is 19.4 Å². The van der Waals surface area contributed by atoms with Gasteiger partial charge in [0.15, 0.2) is 0 Å². The molecule has 1 rings (SSSR count). The molecule has 0 amide bonds. The Balaban J connectivity index is 2.78. The first-order valence-electron chi connectivity index (χ1n) is 5.44. The Hall–Kier alpha value is -1.13. The molecule has 0 saturated carbocycles. The van der Waals surface area contributed by atoms with Crippen LogP contribution in [0.2, 0.25) is 0 Å². The van der Waals surface area contributed by atoms with E-state index in [1.807, 2.05) is 13.8 Å². The Labute approximate surface area is 95.5 Å². The number of benzene rings is 1. The molecule has 0 fully saturated rings. The summed E-state index contributed by atoms with van der Waals surface area (Å²) in [5.41, 5.74) is 6.54. The van der Waals surface area contributed by atoms with Crippen LogP contribution in [-0.4, -0.2) is 17.8 Å². The maximum Gasteiger partial charge on any atom is 0.129 e. The van der Waals surface area contributed by atoms with Gasteiger partial charge in [-0.2, -0.15) is 0 Å². The highest BCUT2D eigenvalue weighted by atomic mass is 19.1. The zero-order valence-electron chi connectivity index (χ0n) is 9.70. The highest BCUT2D eigenvalue weighted by Crippen LogP contribution is 2.16. The second-order valence-corrected chi connectivity index (χ2v) is 4.19. The summed E-state index contributed by atoms with van der Waals surface area (Å²) in [5.74, 6) is -0.0322. The average Bonchev–Trinajstić information content (AvgIpc) is 2.25. The van der Waals surface area contributed by atoms with Crippen molar-refractivity contribution in [2.45, 2.75) is 26.4 Å². The molecule has 90 valence electrons. The van der Waals surface area contributed by atoms with Crippen molar-refractivity contribution in [1.29, 1.82) is 0 Å². The van der Waals surface area contributed by atoms with Crippen molar-refractivity contribution in [3.8, 4) is 0 Å². The number of halogens is 1. The van der Waals surface area contributed by atoms with E-state index >= 15 is 0 Å². The van der Waals surface area contributed by atoms with Crippen LogP contribution in [0, 0.1) is 11.7 Å². The number of hydrogen-bond donors (Lipinski definition) is 3. The lowest BCUT2D eigenvalue weighted by molar-refractivity contribution is 0.249. The van der Waals surface area contributed by atoms with Gasteiger partial charge in [-0.25, -0.2) is 4.39 Å². The van der Waals surface area contributed by atoms with E-state index in [-0.39, 0.29) is 30.9 Å². The highest BCUT2D eigenvalue weighted by molar-refractivity contribution is 5.46. The van der Waals surface area contributed by atoms with E-state index in [2.05, 4.69) is 5.32 Å². The van der Waals surface area contributed by atoms with Gasteiger partial charge in [0.2, 0.25) is 0 Å². The second-order valence-electron chi connectivity index (χ2n) is 4.19. The SMILES string of the molecule is CC(C)C(CO)Nc1ccc(CN)c(F)c1. The number of hydrogen-bond acceptors (Lipinski definition) is 3. The van der Waals surface area contributed by atoms with Crippen molar-refractivity contribution in [2.75, 3.05) is 11.9 Å². The maximum atomic E-state index is 13.4. The van der Waals surface area contributed by atoms with E-state index in [4.69, 9.17) is 10.8 Å². The lowest BCUT2D eigenvalue weighted by Crippen LogP contribution is -2.29. The summed E-state index contributed by atoms with van der Waals surface area (Å²) in [6.45, 7) is 4.22. The number of anilines is 1. The summed E-state index contributed by atoms with van der Waals surface area (Å²) in [4.78, 5) is 0. The molecule has 1 unspecified atom stereocenters. The van der Waals surface area contributed by atoms with Crippen LogP contribution >= 0.6 is 0 Å². The number of aliphatic hydroxyl groups excluding tert-OH is 1. The molecular weight excluding hydrogens is 207 g/mol. The third-order valence-corrected chi connectivity index (χ3v) is 2.63. The number of nitrogens with two attached hydrogens (primary N) is 1. The normalized spacial score (nSPS) is 12.9. The van der Waals surface area contributed by atoms with E-state index in [1.54, 1.807) is 12.1 Å². The molecule has 0 aromatic heterocycles. The molecule has 0 spiro atoms. The van der Waals surface area contributed by atoms with Gasteiger partial charge in [0.25, 0.3) is 0 Å². The first kappa shape index (κ1) is 12.9. The molecule has 4 N–H and O–H groups in total. The van der Waals surface area contributed by atoms with E-state index in [0.717, 1.165) is 0 Å². The predicted molar refractivity (Wildman–Crippen MR) is 63.6 cm³/mol. The topological polar surface area (TPSA) is 58.3 Å². The van der Waals surface area contributed by atoms with Crippen LogP contribution in [0.3, 0.4) is 0 Å². The summed E-state index contributed by atoms with van der Waals surface area (Å²) in [6, 6.07) is 4.78. The van der Waals surface area contributed by atoms with Crippen molar-refractivity contribution in [3.05, 3.63) is 29.6 Å². The first-order valence-corrected chi connectivity index (χ1v) is 5.44. The van der Waals surface area contributed by atoms with Crippen LogP contribution in [0.25, 0.3) is 0 Å². The van der Waals surface area contributed by atoms with Crippen molar-refractivity contribution in [3.63, 3.8) is 0 Å². The average molecular weight is 226 g/mol. The van der Waals surface area contributed by atoms with Gasteiger partial charge in [0, 0.05) is 17.8 Å². The lowest BCUT2D eigenvalue weighted by Gasteiger charge is -2.21. The fourth-order valence-corrected chi connectivity index (χ4v) is 1.44. The van der Waals surface area contributed by atoms with Crippen molar-refractivity contribution in [2.24, 2.45) is 11.7 Å². The van der Waals surface area contributed by atoms with E-state index in [0.29, 0.717) is 11.3 Å². The first-order chi connectivity index (χ1) is 7.58. The second kappa shape index (κ2) is 5.82. The Morgan fingerprint density at radius 2 is 2.12 bits per heavy atom. The van der Waals surface area contributed by atoms with Crippen molar-refractivity contribution in [1.82, 2.24) is 0 Å². The highest BCUT2D eigenvalue weighted by Gasteiger charge is 2.12. The summed E-state index contributed by atoms with van der Waals surface area (Å²) in [6.07, 6.45) is 0. The van der Waals surface area contributed by atoms with Gasteiger partial charge < -0.3 is 16.2 Å². The lowest BCUT2D eigenvalue weighted by atomic mass is 10.0. The fraction of sp³-hybridized carbons (Fsp3) is 0.500. The van der Waals surface area contributed by atoms with E-state index in [9.17, 15) is 4.39 Å². The molecule has 0 aliphatic rings. The Bertz CT molecular complexity index is 342. The molecular formula is C12H19FN2O. The third-order valence-electron chi connectivity index (χ3n) is 2.63. The minimum atomic E-state index is -0.312. The summed E-state index contributed by atoms with van der Waals surface area (Å²) < 4.78 is 13.4. The van der Waals surface area contributed by atoms with Crippen LogP contribution < -0.4 is 11.1 Å². The van der Waals surface area contributed by atoms with E-state index < -0.39 is 0 Å². The predicted octanol–water partition coefficient (Wildman–Crippen LogP) is 1.71. The largest absolute Gasteiger partial charge is 0.394 e. The molecule has 0 radical (unpaired) electrons. The van der Waals surface area contributed by atoms with Gasteiger partial charge in [0.05, 0.1) is 12.6 Å². The van der Waals surface area contributed by atoms with Gasteiger partial charge in [-0.15, -0.1) is 0 Å². The van der Waals surface area contributed by atoms with Gasteiger partial charge in [-0.05, 0) is 18.1 Å². The van der Waals surface area contributed by atoms with Crippen LogP contribution in [0.15, 0.2) is 18.2 Å². The molecule has 0 saturated heterocycles. The molecule has 0 aliphatic carbocycles. The van der Waals surface area contributed by atoms with Gasteiger partial charge in [-0.3, -0.25) is 0 Å². The minimum absolute atomic E-state index is 0.0257. The molecule has 3 nitrogen and oxygen atoms in total. The minimum Gasteiger partial charge on any atom is -0.394 e. The molecule has 4 heteroatoms. The molecule has 1 atom stereocenters. The Morgan fingerprint density at radius 1 is 1.44 bits per heavy atom. The molecule has 0 heterocycles. The molecule has 16 heavy (non-hydrogen) atoms. The van der Waals surface area contributed by atoms with E-state index in [1.165, 1.54) is 6.07 Å². The smallest absolute Gasteiger partial charge is 0.129 e. The standard InChI is InChI=1S/C12H19FN2O/c1-8(2)12(7-16)15-10-4-3-9(6-14)11(13)5-10/h3-5,8,12,15-16H,6-7,14H2,1-2H3. The third kappa shape index (κ3) is 3.18. The summed E-state index contributed by atoms with van der Waals surface area (Å²) in [7, 11) is 0. The maximum absolute atomic E-state index is 13.4. The quantitative estimate of drug-likeness (QED) is 0.716. The van der Waals surface area contributed by atoms with Crippen LogP contribution in [0.4, 0.5) is 10.1 Å². The molecule has 0 aliphatic heterocycles. The van der Waals surface area contributed by atoms with Crippen molar-refractivity contribution >= 4 is 5.69 Å². The van der Waals surface area contributed by atoms with Gasteiger partial charge in [0.1, 0.15) is 5.82 Å². The number of rotatable bonds is 5. The Morgan fingerprint density at radius 3 is 2.56 bits per heavy atom. The molecule has 1 aromatic carbocycles. The van der Waals surface area contributed by atoms with Crippen LogP contribution in [-0.2, 0) is 6.54 Å². The van der Waals surface area contributed by atoms with Gasteiger partial charge in [-0.1, -0.05) is 19.9 Å². The number of nitrogens with one attached hydrogen (secondary N) is 1. The van der Waals surface area contributed by atoms with Crippen molar-refractivity contribution < 1.29 is 9.50 Å². The summed E-state index contributed by atoms with van der Waals surface area (Å²) in [5, 5.41) is 12.2. The van der Waals surface area contributed by atoms with Crippen LogP contribution in [0.5, 0.6) is 0 Å². The van der Waals surface area contributed by atoms with Gasteiger partial charge >= 0.3 is 0 Å². The summed E-state index contributed by atoms with van der Waals surface area (Å²) >= 11 is 0. The zero-order valence-corrected chi connectivity index (χ0v) is 9.70. The fourth-order valence-electron chi connectivity index (χ4n) is 1.44. The number of aliphatic hydroxyl groups is 1. The Kier molecular flexibility index (Phi) is 4.71. The molecule has 0 bridgehead atoms. The zero-order chi connectivity index (χ0) is 12.1. The molecule has 1 aromatic rings. The monoisotopic (exact) mass is 226 g/mol.